The minimum absolute atomic E-state index is 0.293. The van der Waals surface area contributed by atoms with Crippen LogP contribution in [0.2, 0.25) is 0 Å². The SMILES string of the molecule is CCC(CC)C(C)(C)N(C)C1(C)C(C)C(C)C1C. The summed E-state index contributed by atoms with van der Waals surface area (Å²) in [5, 5.41) is 0. The van der Waals surface area contributed by atoms with Gasteiger partial charge >= 0.3 is 0 Å². The van der Waals surface area contributed by atoms with Crippen LogP contribution in [0.1, 0.15) is 68.2 Å². The maximum atomic E-state index is 2.70. The van der Waals surface area contributed by atoms with E-state index >= 15 is 0 Å². The van der Waals surface area contributed by atoms with Gasteiger partial charge in [-0.15, -0.1) is 0 Å². The first-order valence-electron chi connectivity index (χ1n) is 7.89. The Kier molecular flexibility index (Phi) is 4.58. The lowest BCUT2D eigenvalue weighted by Crippen LogP contribution is -2.71. The van der Waals surface area contributed by atoms with Crippen molar-refractivity contribution >= 4 is 0 Å². The van der Waals surface area contributed by atoms with E-state index in [1.54, 1.807) is 0 Å². The summed E-state index contributed by atoms with van der Waals surface area (Å²) in [4.78, 5) is 2.70. The molecule has 0 N–H and O–H groups in total. The van der Waals surface area contributed by atoms with E-state index in [2.05, 4.69) is 67.3 Å². The summed E-state index contributed by atoms with van der Waals surface area (Å²) in [5.74, 6) is 3.24. The normalized spacial score (nSPS) is 37.2. The van der Waals surface area contributed by atoms with E-state index in [0.29, 0.717) is 11.1 Å². The number of hydrogen-bond donors (Lipinski definition) is 0. The minimum Gasteiger partial charge on any atom is -0.295 e. The molecule has 1 aliphatic rings. The van der Waals surface area contributed by atoms with E-state index in [0.717, 1.165) is 23.7 Å². The highest BCUT2D eigenvalue weighted by Crippen LogP contribution is 2.54. The van der Waals surface area contributed by atoms with Gasteiger partial charge in [-0.1, -0.05) is 47.5 Å². The van der Waals surface area contributed by atoms with E-state index in [1.165, 1.54) is 12.8 Å². The maximum Gasteiger partial charge on any atom is 0.0240 e. The zero-order valence-corrected chi connectivity index (χ0v) is 14.2. The largest absolute Gasteiger partial charge is 0.295 e. The van der Waals surface area contributed by atoms with Crippen LogP contribution in [0.5, 0.6) is 0 Å². The molecule has 1 fully saturated rings. The molecule has 1 aliphatic carbocycles. The van der Waals surface area contributed by atoms with Crippen molar-refractivity contribution in [2.45, 2.75) is 79.3 Å². The molecule has 0 radical (unpaired) electrons. The number of rotatable bonds is 5. The molecule has 2 unspecified atom stereocenters. The van der Waals surface area contributed by atoms with Crippen LogP contribution in [-0.2, 0) is 0 Å². The monoisotopic (exact) mass is 253 g/mol. The molecule has 0 aliphatic heterocycles. The Morgan fingerprint density at radius 3 is 1.78 bits per heavy atom. The Bertz CT molecular complexity index is 267. The average molecular weight is 253 g/mol. The predicted molar refractivity (Wildman–Crippen MR) is 81.8 cm³/mol. The van der Waals surface area contributed by atoms with Crippen LogP contribution in [0.15, 0.2) is 0 Å². The van der Waals surface area contributed by atoms with Gasteiger partial charge < -0.3 is 0 Å². The molecule has 1 saturated carbocycles. The lowest BCUT2D eigenvalue weighted by molar-refractivity contribution is -0.157. The van der Waals surface area contributed by atoms with Crippen molar-refractivity contribution in [2.75, 3.05) is 7.05 Å². The molecular formula is C17H35N. The molecule has 0 saturated heterocycles. The van der Waals surface area contributed by atoms with E-state index in [1.807, 2.05) is 0 Å². The van der Waals surface area contributed by atoms with E-state index in [9.17, 15) is 0 Å². The van der Waals surface area contributed by atoms with Crippen LogP contribution in [0.3, 0.4) is 0 Å². The topological polar surface area (TPSA) is 3.24 Å². The van der Waals surface area contributed by atoms with Crippen LogP contribution < -0.4 is 0 Å². The second-order valence-corrected chi connectivity index (χ2v) is 7.39. The Labute approximate surface area is 115 Å². The van der Waals surface area contributed by atoms with E-state index in [4.69, 9.17) is 0 Å². The molecule has 18 heavy (non-hydrogen) atoms. The maximum absolute atomic E-state index is 2.70. The van der Waals surface area contributed by atoms with Crippen molar-refractivity contribution in [1.82, 2.24) is 4.90 Å². The molecule has 108 valence electrons. The van der Waals surface area contributed by atoms with Crippen molar-refractivity contribution in [3.63, 3.8) is 0 Å². The lowest BCUT2D eigenvalue weighted by Gasteiger charge is -2.65. The van der Waals surface area contributed by atoms with Crippen molar-refractivity contribution < 1.29 is 0 Å². The van der Waals surface area contributed by atoms with Crippen molar-refractivity contribution in [1.29, 1.82) is 0 Å². The summed E-state index contributed by atoms with van der Waals surface area (Å²) in [6.45, 7) is 19.3. The molecule has 0 aromatic rings. The highest BCUT2D eigenvalue weighted by atomic mass is 15.3. The Balaban J connectivity index is 2.96. The van der Waals surface area contributed by atoms with Crippen LogP contribution in [0, 0.1) is 23.7 Å². The third-order valence-electron chi connectivity index (χ3n) is 6.99. The van der Waals surface area contributed by atoms with Gasteiger partial charge in [-0.25, -0.2) is 0 Å². The van der Waals surface area contributed by atoms with Crippen LogP contribution in [-0.4, -0.2) is 23.0 Å². The van der Waals surface area contributed by atoms with Gasteiger partial charge in [0.25, 0.3) is 0 Å². The number of hydrogen-bond acceptors (Lipinski definition) is 1. The molecule has 0 amide bonds. The van der Waals surface area contributed by atoms with Gasteiger partial charge in [0.05, 0.1) is 0 Å². The average Bonchev–Trinajstić information content (AvgIpc) is 2.35. The predicted octanol–water partition coefficient (Wildman–Crippen LogP) is 4.81. The van der Waals surface area contributed by atoms with Gasteiger partial charge in [0.15, 0.2) is 0 Å². The first-order valence-corrected chi connectivity index (χ1v) is 7.89. The molecule has 0 bridgehead atoms. The molecular weight excluding hydrogens is 218 g/mol. The van der Waals surface area contributed by atoms with Gasteiger partial charge in [0.1, 0.15) is 0 Å². The minimum atomic E-state index is 0.293. The quantitative estimate of drug-likeness (QED) is 0.679. The van der Waals surface area contributed by atoms with Crippen molar-refractivity contribution in [2.24, 2.45) is 23.7 Å². The second kappa shape index (κ2) is 5.15. The Morgan fingerprint density at radius 1 is 1.06 bits per heavy atom. The molecule has 1 nitrogen and oxygen atoms in total. The van der Waals surface area contributed by atoms with Gasteiger partial charge in [0, 0.05) is 11.1 Å². The fraction of sp³-hybridized carbons (Fsp3) is 1.00. The lowest BCUT2D eigenvalue weighted by atomic mass is 9.52. The molecule has 0 spiro atoms. The fourth-order valence-electron chi connectivity index (χ4n) is 4.59. The smallest absolute Gasteiger partial charge is 0.0240 e. The molecule has 2 atom stereocenters. The Hall–Kier alpha value is -0.0400. The molecule has 0 aromatic carbocycles. The summed E-state index contributed by atoms with van der Waals surface area (Å²) in [7, 11) is 2.36. The zero-order chi connectivity index (χ0) is 14.3. The Morgan fingerprint density at radius 2 is 1.44 bits per heavy atom. The highest BCUT2D eigenvalue weighted by Gasteiger charge is 2.57. The number of nitrogens with zero attached hydrogens (tertiary/aromatic N) is 1. The second-order valence-electron chi connectivity index (χ2n) is 7.39. The molecule has 0 heterocycles. The first kappa shape index (κ1) is 16.0. The van der Waals surface area contributed by atoms with E-state index in [-0.39, 0.29) is 0 Å². The summed E-state index contributed by atoms with van der Waals surface area (Å²) < 4.78 is 0. The van der Waals surface area contributed by atoms with Crippen LogP contribution in [0.25, 0.3) is 0 Å². The third-order valence-corrected chi connectivity index (χ3v) is 6.99. The highest BCUT2D eigenvalue weighted by molar-refractivity contribution is 5.10. The molecule has 0 aromatic heterocycles. The third kappa shape index (κ3) is 2.03. The van der Waals surface area contributed by atoms with Gasteiger partial charge in [-0.05, 0) is 51.5 Å². The summed E-state index contributed by atoms with van der Waals surface area (Å²) >= 11 is 0. The molecule has 1 rings (SSSR count). The summed E-state index contributed by atoms with van der Waals surface area (Å²) in [6, 6.07) is 0. The van der Waals surface area contributed by atoms with Gasteiger partial charge in [0.2, 0.25) is 0 Å². The van der Waals surface area contributed by atoms with Gasteiger partial charge in [-0.2, -0.15) is 0 Å². The fourth-order valence-corrected chi connectivity index (χ4v) is 4.59. The summed E-state index contributed by atoms with van der Waals surface area (Å²) in [5.41, 5.74) is 0.659. The first-order chi connectivity index (χ1) is 8.15. The van der Waals surface area contributed by atoms with Crippen molar-refractivity contribution in [3.8, 4) is 0 Å². The van der Waals surface area contributed by atoms with E-state index < -0.39 is 0 Å². The van der Waals surface area contributed by atoms with Crippen molar-refractivity contribution in [3.05, 3.63) is 0 Å². The van der Waals surface area contributed by atoms with Crippen LogP contribution >= 0.6 is 0 Å². The zero-order valence-electron chi connectivity index (χ0n) is 14.2. The molecule has 1 heteroatoms. The van der Waals surface area contributed by atoms with Crippen LogP contribution in [0.4, 0.5) is 0 Å². The standard InChI is InChI=1S/C17H35N/c1-10-15(11-2)16(6,7)18(9)17(8)13(4)12(3)14(17)5/h12-15H,10-11H2,1-9H3. The summed E-state index contributed by atoms with van der Waals surface area (Å²) in [6.07, 6.45) is 2.56. The van der Waals surface area contributed by atoms with Gasteiger partial charge in [-0.3, -0.25) is 4.90 Å².